The number of anilines is 1. The first-order valence-electron chi connectivity index (χ1n) is 8.65. The van der Waals surface area contributed by atoms with Crippen molar-refractivity contribution < 1.29 is 10.0 Å². The molecule has 2 heterocycles. The molecule has 2 aromatic rings. The van der Waals surface area contributed by atoms with Gasteiger partial charge in [0, 0.05) is 12.7 Å². The van der Waals surface area contributed by atoms with E-state index in [4.69, 9.17) is 0 Å². The maximum atomic E-state index is 12.3. The van der Waals surface area contributed by atoms with Crippen molar-refractivity contribution in [2.75, 3.05) is 11.9 Å². The second-order valence-corrected chi connectivity index (χ2v) is 6.48. The van der Waals surface area contributed by atoms with Crippen molar-refractivity contribution in [3.05, 3.63) is 44.9 Å². The molecule has 2 unspecified atom stereocenters. The molecule has 1 aliphatic rings. The highest BCUT2D eigenvalue weighted by Crippen LogP contribution is 2.28. The van der Waals surface area contributed by atoms with E-state index in [-0.39, 0.29) is 11.9 Å². The van der Waals surface area contributed by atoms with E-state index in [1.165, 1.54) is 10.6 Å². The largest absolute Gasteiger partial charge is 0.393 e. The lowest BCUT2D eigenvalue weighted by molar-refractivity contribution is -0.385. The van der Waals surface area contributed by atoms with E-state index in [9.17, 15) is 20.0 Å². The molecule has 2 atom stereocenters. The summed E-state index contributed by atoms with van der Waals surface area (Å²) in [6.07, 6.45) is 6.93. The van der Waals surface area contributed by atoms with Crippen LogP contribution in [0.5, 0.6) is 0 Å². The van der Waals surface area contributed by atoms with Gasteiger partial charge in [0.05, 0.1) is 11.0 Å². The maximum absolute atomic E-state index is 12.3. The Bertz CT molecular complexity index is 820. The third kappa shape index (κ3) is 3.79. The zero-order chi connectivity index (χ0) is 17.8. The highest BCUT2D eigenvalue weighted by molar-refractivity contribution is 5.59. The molecule has 1 saturated carbocycles. The highest BCUT2D eigenvalue weighted by Gasteiger charge is 2.24. The van der Waals surface area contributed by atoms with Gasteiger partial charge in [0.2, 0.25) is 5.82 Å². The first-order chi connectivity index (χ1) is 12.1. The summed E-state index contributed by atoms with van der Waals surface area (Å²) in [6.45, 7) is 0.472. The average Bonchev–Trinajstić information content (AvgIpc) is 2.60. The van der Waals surface area contributed by atoms with Crippen LogP contribution in [0.25, 0.3) is 5.65 Å². The number of hydrogen-bond acceptors (Lipinski definition) is 6. The summed E-state index contributed by atoms with van der Waals surface area (Å²) in [5.74, 6) is 0.297. The summed E-state index contributed by atoms with van der Waals surface area (Å²) in [7, 11) is 0. The van der Waals surface area contributed by atoms with Crippen molar-refractivity contribution in [1.29, 1.82) is 0 Å². The van der Waals surface area contributed by atoms with Gasteiger partial charge in [-0.15, -0.1) is 0 Å². The number of nitro groups is 1. The molecule has 0 radical (unpaired) electrons. The van der Waals surface area contributed by atoms with Crippen molar-refractivity contribution >= 4 is 17.2 Å². The van der Waals surface area contributed by atoms with Gasteiger partial charge < -0.3 is 10.4 Å². The Morgan fingerprint density at radius 3 is 2.92 bits per heavy atom. The molecule has 1 fully saturated rings. The average molecular weight is 346 g/mol. The van der Waals surface area contributed by atoms with Gasteiger partial charge in [-0.05, 0) is 43.7 Å². The monoisotopic (exact) mass is 346 g/mol. The van der Waals surface area contributed by atoms with Gasteiger partial charge in [0.1, 0.15) is 5.65 Å². The number of aliphatic hydroxyl groups excluding tert-OH is 1. The Kier molecular flexibility index (Phi) is 5.28. The molecule has 2 aromatic heterocycles. The van der Waals surface area contributed by atoms with Crippen LogP contribution in [0, 0.1) is 16.0 Å². The Balaban J connectivity index is 1.71. The standard InChI is InChI=1S/C17H22N4O4/c22-13-8-2-1-6-12(13)7-5-10-18-16-15(21(24)25)17(23)20-11-4-3-9-14(20)19-16/h3-4,9,11-13,18,22H,1-2,5-8,10H2. The van der Waals surface area contributed by atoms with Gasteiger partial charge >= 0.3 is 11.2 Å². The zero-order valence-corrected chi connectivity index (χ0v) is 13.9. The molecular formula is C17H22N4O4. The van der Waals surface area contributed by atoms with Crippen LogP contribution >= 0.6 is 0 Å². The second-order valence-electron chi connectivity index (χ2n) is 6.48. The Hall–Kier alpha value is -2.48. The molecule has 134 valence electrons. The Morgan fingerprint density at radius 2 is 2.16 bits per heavy atom. The topological polar surface area (TPSA) is 110 Å². The smallest absolute Gasteiger partial charge is 0.376 e. The van der Waals surface area contributed by atoms with Crippen molar-refractivity contribution in [2.24, 2.45) is 5.92 Å². The number of aliphatic hydroxyl groups is 1. The molecular weight excluding hydrogens is 324 g/mol. The molecule has 0 amide bonds. The van der Waals surface area contributed by atoms with Gasteiger partial charge in [0.25, 0.3) is 0 Å². The third-order valence-corrected chi connectivity index (χ3v) is 4.81. The van der Waals surface area contributed by atoms with E-state index < -0.39 is 16.2 Å². The summed E-state index contributed by atoms with van der Waals surface area (Å²) in [4.78, 5) is 27.1. The number of rotatable bonds is 6. The first-order valence-corrected chi connectivity index (χ1v) is 8.65. The third-order valence-electron chi connectivity index (χ3n) is 4.81. The van der Waals surface area contributed by atoms with Gasteiger partial charge in [0.15, 0.2) is 0 Å². The normalized spacial score (nSPS) is 20.5. The molecule has 1 aliphatic carbocycles. The molecule has 0 bridgehead atoms. The van der Waals surface area contributed by atoms with Gasteiger partial charge in [-0.1, -0.05) is 18.9 Å². The molecule has 2 N–H and O–H groups in total. The molecule has 25 heavy (non-hydrogen) atoms. The lowest BCUT2D eigenvalue weighted by Crippen LogP contribution is -2.25. The summed E-state index contributed by atoms with van der Waals surface area (Å²) < 4.78 is 1.17. The van der Waals surface area contributed by atoms with E-state index in [0.29, 0.717) is 18.1 Å². The molecule has 8 nitrogen and oxygen atoms in total. The first kappa shape index (κ1) is 17.3. The van der Waals surface area contributed by atoms with E-state index in [2.05, 4.69) is 10.3 Å². The Labute approximate surface area is 144 Å². The minimum Gasteiger partial charge on any atom is -0.393 e. The fourth-order valence-corrected chi connectivity index (χ4v) is 3.46. The van der Waals surface area contributed by atoms with Gasteiger partial charge in [-0.2, -0.15) is 0 Å². The van der Waals surface area contributed by atoms with E-state index in [1.807, 2.05) is 0 Å². The van der Waals surface area contributed by atoms with Crippen molar-refractivity contribution in [3.8, 4) is 0 Å². The van der Waals surface area contributed by atoms with E-state index in [1.54, 1.807) is 18.2 Å². The molecule has 0 aliphatic heterocycles. The van der Waals surface area contributed by atoms with Crippen LogP contribution in [0.3, 0.4) is 0 Å². The number of nitrogens with zero attached hydrogens (tertiary/aromatic N) is 3. The fraction of sp³-hybridized carbons (Fsp3) is 0.529. The van der Waals surface area contributed by atoms with Crippen molar-refractivity contribution in [1.82, 2.24) is 9.38 Å². The second kappa shape index (κ2) is 7.60. The minimum atomic E-state index is -0.694. The quantitative estimate of drug-likeness (QED) is 0.472. The predicted molar refractivity (Wildman–Crippen MR) is 93.8 cm³/mol. The van der Waals surface area contributed by atoms with Crippen LogP contribution in [0.2, 0.25) is 0 Å². The van der Waals surface area contributed by atoms with Crippen LogP contribution in [-0.2, 0) is 0 Å². The Morgan fingerprint density at radius 1 is 1.36 bits per heavy atom. The summed E-state index contributed by atoms with van der Waals surface area (Å²) in [6, 6.07) is 4.99. The molecule has 0 aromatic carbocycles. The minimum absolute atomic E-state index is 0.00499. The highest BCUT2D eigenvalue weighted by atomic mass is 16.6. The maximum Gasteiger partial charge on any atom is 0.376 e. The SMILES string of the molecule is O=c1c([N+](=O)[O-])c(NCCCC2CCCCC2O)nc2ccccn12. The summed E-state index contributed by atoms with van der Waals surface area (Å²) >= 11 is 0. The van der Waals surface area contributed by atoms with E-state index in [0.717, 1.165) is 38.5 Å². The van der Waals surface area contributed by atoms with Gasteiger partial charge in [-0.25, -0.2) is 4.98 Å². The van der Waals surface area contributed by atoms with Crippen LogP contribution in [0.4, 0.5) is 11.5 Å². The van der Waals surface area contributed by atoms with Crippen molar-refractivity contribution in [3.63, 3.8) is 0 Å². The van der Waals surface area contributed by atoms with Crippen molar-refractivity contribution in [2.45, 2.75) is 44.6 Å². The van der Waals surface area contributed by atoms with E-state index >= 15 is 0 Å². The summed E-state index contributed by atoms with van der Waals surface area (Å²) in [5.41, 5.74) is -0.870. The van der Waals surface area contributed by atoms with Crippen LogP contribution in [0.15, 0.2) is 29.2 Å². The number of hydrogen-bond donors (Lipinski definition) is 2. The van der Waals surface area contributed by atoms with Crippen LogP contribution < -0.4 is 10.9 Å². The number of nitrogens with one attached hydrogen (secondary N) is 1. The molecule has 8 heteroatoms. The fourth-order valence-electron chi connectivity index (χ4n) is 3.46. The number of fused-ring (bicyclic) bond motifs is 1. The summed E-state index contributed by atoms with van der Waals surface area (Å²) in [5, 5.41) is 24.2. The number of pyridine rings is 1. The molecule has 3 rings (SSSR count). The lowest BCUT2D eigenvalue weighted by Gasteiger charge is -2.27. The zero-order valence-electron chi connectivity index (χ0n) is 13.9. The van der Waals surface area contributed by atoms with Crippen LogP contribution in [-0.4, -0.2) is 32.1 Å². The van der Waals surface area contributed by atoms with Gasteiger partial charge in [-0.3, -0.25) is 19.3 Å². The van der Waals surface area contributed by atoms with Crippen LogP contribution in [0.1, 0.15) is 38.5 Å². The predicted octanol–water partition coefficient (Wildman–Crippen LogP) is 2.35. The molecule has 0 spiro atoms. The lowest BCUT2D eigenvalue weighted by atomic mass is 9.83. The molecule has 0 saturated heterocycles. The number of aromatic nitrogens is 2.